The number of ether oxygens (including phenoxy) is 1. The fourth-order valence-electron chi connectivity index (χ4n) is 2.70. The molecule has 3 aromatic rings. The Bertz CT molecular complexity index is 887. The van der Waals surface area contributed by atoms with Gasteiger partial charge in [-0.25, -0.2) is 0 Å². The van der Waals surface area contributed by atoms with Gasteiger partial charge >= 0.3 is 0 Å². The Morgan fingerprint density at radius 1 is 1.21 bits per heavy atom. The Balaban J connectivity index is 2.15. The summed E-state index contributed by atoms with van der Waals surface area (Å²) in [5.41, 5.74) is 0.844. The standard InChI is InChI=1S/C17H22N4O2S/c1-3-4-12-24-17-19-18-16-20(10-7-11-23-2)15(22)13-8-5-6-9-14(13)21(16)17/h5-6,8-9H,3-4,7,10-12H2,1-2H3. The zero-order chi connectivity index (χ0) is 16.9. The predicted molar refractivity (Wildman–Crippen MR) is 96.9 cm³/mol. The van der Waals surface area contributed by atoms with Crippen molar-refractivity contribution in [1.82, 2.24) is 19.2 Å². The number of rotatable bonds is 8. The lowest BCUT2D eigenvalue weighted by molar-refractivity contribution is 0.190. The maximum atomic E-state index is 12.8. The van der Waals surface area contributed by atoms with Crippen molar-refractivity contribution in [3.05, 3.63) is 34.6 Å². The van der Waals surface area contributed by atoms with E-state index < -0.39 is 0 Å². The van der Waals surface area contributed by atoms with Crippen LogP contribution in [0.5, 0.6) is 0 Å². The molecule has 0 radical (unpaired) electrons. The first kappa shape index (κ1) is 17.0. The molecule has 0 saturated heterocycles. The molecule has 0 unspecified atom stereocenters. The van der Waals surface area contributed by atoms with Gasteiger partial charge in [-0.05, 0) is 25.0 Å². The zero-order valence-electron chi connectivity index (χ0n) is 14.1. The number of hydrogen-bond acceptors (Lipinski definition) is 5. The van der Waals surface area contributed by atoms with Gasteiger partial charge in [-0.1, -0.05) is 37.2 Å². The molecule has 0 bridgehead atoms. The van der Waals surface area contributed by atoms with Crippen LogP contribution in [-0.2, 0) is 11.3 Å². The van der Waals surface area contributed by atoms with E-state index in [0.717, 1.165) is 35.7 Å². The van der Waals surface area contributed by atoms with Gasteiger partial charge in [-0.3, -0.25) is 13.8 Å². The molecule has 0 saturated carbocycles. The van der Waals surface area contributed by atoms with Crippen LogP contribution in [0.25, 0.3) is 16.7 Å². The van der Waals surface area contributed by atoms with Crippen LogP contribution >= 0.6 is 11.8 Å². The number of aromatic nitrogens is 4. The van der Waals surface area contributed by atoms with Gasteiger partial charge in [0.1, 0.15) is 0 Å². The monoisotopic (exact) mass is 346 g/mol. The average molecular weight is 346 g/mol. The Labute approximate surface area is 144 Å². The van der Waals surface area contributed by atoms with Gasteiger partial charge in [-0.2, -0.15) is 0 Å². The number of thioether (sulfide) groups is 1. The first-order chi connectivity index (χ1) is 11.8. The molecule has 0 atom stereocenters. The van der Waals surface area contributed by atoms with Crippen molar-refractivity contribution in [1.29, 1.82) is 0 Å². The lowest BCUT2D eigenvalue weighted by Crippen LogP contribution is -2.24. The number of fused-ring (bicyclic) bond motifs is 3. The molecule has 6 nitrogen and oxygen atoms in total. The fraction of sp³-hybridized carbons (Fsp3) is 0.471. The average Bonchev–Trinajstić information content (AvgIpc) is 3.02. The minimum absolute atomic E-state index is 0.0216. The number of hydrogen-bond donors (Lipinski definition) is 0. The summed E-state index contributed by atoms with van der Waals surface area (Å²) in [7, 11) is 1.66. The van der Waals surface area contributed by atoms with Gasteiger partial charge in [0.05, 0.1) is 10.9 Å². The van der Waals surface area contributed by atoms with Gasteiger partial charge in [0.15, 0.2) is 5.16 Å². The van der Waals surface area contributed by atoms with Crippen LogP contribution in [0, 0.1) is 0 Å². The number of aryl methyl sites for hydroxylation is 1. The molecule has 24 heavy (non-hydrogen) atoms. The first-order valence-electron chi connectivity index (χ1n) is 8.26. The van der Waals surface area contributed by atoms with Crippen LogP contribution in [0.2, 0.25) is 0 Å². The highest BCUT2D eigenvalue weighted by Gasteiger charge is 2.16. The molecule has 0 aliphatic heterocycles. The molecule has 0 fully saturated rings. The van der Waals surface area contributed by atoms with E-state index >= 15 is 0 Å². The quantitative estimate of drug-likeness (QED) is 0.463. The molecule has 128 valence electrons. The molecule has 2 aromatic heterocycles. The summed E-state index contributed by atoms with van der Waals surface area (Å²) in [5, 5.41) is 10.2. The molecule has 2 heterocycles. The second kappa shape index (κ2) is 7.81. The van der Waals surface area contributed by atoms with Crippen molar-refractivity contribution in [3.8, 4) is 0 Å². The largest absolute Gasteiger partial charge is 0.385 e. The normalized spacial score (nSPS) is 11.6. The number of nitrogens with zero attached hydrogens (tertiary/aromatic N) is 4. The molecule has 0 spiro atoms. The lowest BCUT2D eigenvalue weighted by Gasteiger charge is -2.11. The van der Waals surface area contributed by atoms with Crippen LogP contribution in [0.3, 0.4) is 0 Å². The third kappa shape index (κ3) is 3.18. The van der Waals surface area contributed by atoms with E-state index in [2.05, 4.69) is 17.1 Å². The summed E-state index contributed by atoms with van der Waals surface area (Å²) in [5.74, 6) is 1.60. The van der Waals surface area contributed by atoms with Crippen molar-refractivity contribution >= 4 is 28.4 Å². The smallest absolute Gasteiger partial charge is 0.262 e. The van der Waals surface area contributed by atoms with Gasteiger partial charge in [0.25, 0.3) is 5.56 Å². The van der Waals surface area contributed by atoms with Crippen molar-refractivity contribution < 1.29 is 4.74 Å². The number of para-hydroxylation sites is 1. The topological polar surface area (TPSA) is 61.4 Å². The molecule has 0 N–H and O–H groups in total. The maximum Gasteiger partial charge on any atom is 0.262 e. The van der Waals surface area contributed by atoms with Gasteiger partial charge in [-0.15, -0.1) is 10.2 Å². The summed E-state index contributed by atoms with van der Waals surface area (Å²) >= 11 is 1.69. The Kier molecular flexibility index (Phi) is 5.52. The highest BCUT2D eigenvalue weighted by molar-refractivity contribution is 7.99. The number of methoxy groups -OCH3 is 1. The summed E-state index contributed by atoms with van der Waals surface area (Å²) < 4.78 is 8.82. The molecular weight excluding hydrogens is 324 g/mol. The SMILES string of the molecule is CCCCSc1nnc2n(CCCOC)c(=O)c3ccccc3n12. The highest BCUT2D eigenvalue weighted by Crippen LogP contribution is 2.22. The van der Waals surface area contributed by atoms with Crippen molar-refractivity contribution in [2.45, 2.75) is 37.9 Å². The predicted octanol–water partition coefficient (Wildman–Crippen LogP) is 2.97. The van der Waals surface area contributed by atoms with E-state index in [0.29, 0.717) is 24.3 Å². The van der Waals surface area contributed by atoms with Crippen LogP contribution in [0.15, 0.2) is 34.2 Å². The second-order valence-electron chi connectivity index (χ2n) is 5.64. The van der Waals surface area contributed by atoms with E-state index in [4.69, 9.17) is 4.74 Å². The summed E-state index contributed by atoms with van der Waals surface area (Å²) in [6, 6.07) is 7.65. The molecule has 3 rings (SSSR count). The Morgan fingerprint density at radius 3 is 2.83 bits per heavy atom. The van der Waals surface area contributed by atoms with Crippen molar-refractivity contribution in [2.75, 3.05) is 19.5 Å². The third-order valence-electron chi connectivity index (χ3n) is 3.94. The minimum atomic E-state index is -0.0216. The van der Waals surface area contributed by atoms with E-state index in [9.17, 15) is 4.79 Å². The summed E-state index contributed by atoms with van der Waals surface area (Å²) in [6.07, 6.45) is 3.03. The number of benzene rings is 1. The van der Waals surface area contributed by atoms with Gasteiger partial charge in [0, 0.05) is 26.0 Å². The number of unbranched alkanes of at least 4 members (excludes halogenated alkanes) is 1. The molecule has 0 amide bonds. The third-order valence-corrected chi connectivity index (χ3v) is 4.95. The second-order valence-corrected chi connectivity index (χ2v) is 6.70. The molecule has 1 aromatic carbocycles. The zero-order valence-corrected chi connectivity index (χ0v) is 14.9. The van der Waals surface area contributed by atoms with E-state index in [-0.39, 0.29) is 5.56 Å². The molecular formula is C17H22N4O2S. The minimum Gasteiger partial charge on any atom is -0.385 e. The van der Waals surface area contributed by atoms with Crippen molar-refractivity contribution in [3.63, 3.8) is 0 Å². The van der Waals surface area contributed by atoms with E-state index in [1.165, 1.54) is 0 Å². The van der Waals surface area contributed by atoms with Crippen LogP contribution in [0.1, 0.15) is 26.2 Å². The van der Waals surface area contributed by atoms with Gasteiger partial charge in [0.2, 0.25) is 5.78 Å². The van der Waals surface area contributed by atoms with Gasteiger partial charge < -0.3 is 4.74 Å². The van der Waals surface area contributed by atoms with Crippen LogP contribution < -0.4 is 5.56 Å². The highest BCUT2D eigenvalue weighted by atomic mass is 32.2. The maximum absolute atomic E-state index is 12.8. The Hall–Kier alpha value is -1.86. The fourth-order valence-corrected chi connectivity index (χ4v) is 3.73. The van der Waals surface area contributed by atoms with E-state index in [1.54, 1.807) is 23.4 Å². The summed E-state index contributed by atoms with van der Waals surface area (Å²) in [6.45, 7) is 3.35. The van der Waals surface area contributed by atoms with Crippen LogP contribution in [-0.4, -0.2) is 38.6 Å². The molecule has 0 aliphatic carbocycles. The summed E-state index contributed by atoms with van der Waals surface area (Å²) in [4.78, 5) is 12.8. The lowest BCUT2D eigenvalue weighted by atomic mass is 10.2. The molecule has 0 aliphatic rings. The molecule has 7 heteroatoms. The Morgan fingerprint density at radius 2 is 2.04 bits per heavy atom. The van der Waals surface area contributed by atoms with Crippen LogP contribution in [0.4, 0.5) is 0 Å². The first-order valence-corrected chi connectivity index (χ1v) is 9.25. The van der Waals surface area contributed by atoms with Crippen molar-refractivity contribution in [2.24, 2.45) is 0 Å². The van der Waals surface area contributed by atoms with E-state index in [1.807, 2.05) is 28.7 Å².